The maximum Gasteiger partial charge on any atom is 0.119 e. The van der Waals surface area contributed by atoms with Crippen LogP contribution >= 0.6 is 11.8 Å². The summed E-state index contributed by atoms with van der Waals surface area (Å²) in [5, 5.41) is 12.4. The second-order valence-corrected chi connectivity index (χ2v) is 14.6. The van der Waals surface area contributed by atoms with E-state index in [9.17, 15) is 5.11 Å². The largest absolute Gasteiger partial charge is 0.494 e. The normalized spacial score (nSPS) is 26.5. The van der Waals surface area contributed by atoms with Gasteiger partial charge in [0.05, 0.1) is 38.9 Å². The summed E-state index contributed by atoms with van der Waals surface area (Å²) in [5.74, 6) is 1.88. The molecule has 0 aromatic heterocycles. The van der Waals surface area contributed by atoms with E-state index in [0.717, 1.165) is 50.2 Å². The van der Waals surface area contributed by atoms with Crippen molar-refractivity contribution >= 4 is 17.4 Å². The topological polar surface area (TPSA) is 35.9 Å². The van der Waals surface area contributed by atoms with Gasteiger partial charge in [0.2, 0.25) is 0 Å². The fourth-order valence-electron chi connectivity index (χ4n) is 7.58. The molecule has 4 aliphatic rings. The van der Waals surface area contributed by atoms with Gasteiger partial charge in [0, 0.05) is 61.4 Å². The summed E-state index contributed by atoms with van der Waals surface area (Å²) in [4.78, 5) is 6.12. The fraction of sp³-hybridized carbons (Fsp3) is 0.667. The summed E-state index contributed by atoms with van der Waals surface area (Å²) in [6.45, 7) is 14.5. The van der Waals surface area contributed by atoms with Crippen molar-refractivity contribution in [2.45, 2.75) is 82.1 Å². The molecule has 0 aliphatic carbocycles. The molecule has 3 fully saturated rings. The Morgan fingerprint density at radius 2 is 1.60 bits per heavy atom. The number of rotatable bonds is 14. The summed E-state index contributed by atoms with van der Waals surface area (Å²) in [6, 6.07) is 15.6. The molecular formula is C36H56N3O2S+. The first-order valence-electron chi connectivity index (χ1n) is 16.8. The summed E-state index contributed by atoms with van der Waals surface area (Å²) >= 11 is 1.97. The van der Waals surface area contributed by atoms with E-state index in [4.69, 9.17) is 4.74 Å². The Balaban J connectivity index is 1.31. The van der Waals surface area contributed by atoms with E-state index in [1.165, 1.54) is 91.3 Å². The highest BCUT2D eigenvalue weighted by atomic mass is 32.2. The van der Waals surface area contributed by atoms with Crippen molar-refractivity contribution < 1.29 is 14.3 Å². The number of anilines is 1. The maximum absolute atomic E-state index is 12.4. The highest BCUT2D eigenvalue weighted by Gasteiger charge is 2.45. The van der Waals surface area contributed by atoms with Crippen LogP contribution in [-0.2, 0) is 0 Å². The van der Waals surface area contributed by atoms with Gasteiger partial charge in [0.15, 0.2) is 0 Å². The van der Waals surface area contributed by atoms with E-state index < -0.39 is 6.10 Å². The Morgan fingerprint density at radius 1 is 0.929 bits per heavy atom. The highest BCUT2D eigenvalue weighted by molar-refractivity contribution is 7.99. The lowest BCUT2D eigenvalue weighted by Crippen LogP contribution is -2.67. The molecule has 2 atom stereocenters. The molecule has 2 aromatic rings. The molecule has 6 heteroatoms. The number of nitrogens with zero attached hydrogens (tertiary/aromatic N) is 3. The average Bonchev–Trinajstić information content (AvgIpc) is 3.14. The van der Waals surface area contributed by atoms with Gasteiger partial charge in [-0.25, -0.2) is 0 Å². The van der Waals surface area contributed by atoms with Crippen molar-refractivity contribution in [1.29, 1.82) is 0 Å². The fourth-order valence-corrected chi connectivity index (χ4v) is 9.00. The van der Waals surface area contributed by atoms with Crippen LogP contribution in [0.15, 0.2) is 47.4 Å². The van der Waals surface area contributed by atoms with E-state index >= 15 is 0 Å². The summed E-state index contributed by atoms with van der Waals surface area (Å²) in [5.41, 5.74) is 3.58. The van der Waals surface area contributed by atoms with Crippen molar-refractivity contribution in [1.82, 2.24) is 4.90 Å². The number of thioether (sulfide) groups is 1. The van der Waals surface area contributed by atoms with Crippen LogP contribution in [0.4, 0.5) is 5.69 Å². The van der Waals surface area contributed by atoms with Gasteiger partial charge >= 0.3 is 0 Å². The van der Waals surface area contributed by atoms with Crippen molar-refractivity contribution in [3.63, 3.8) is 0 Å². The monoisotopic (exact) mass is 594 g/mol. The molecule has 0 amide bonds. The maximum atomic E-state index is 12.4. The standard InChI is InChI=1S/C36H56N3O2S/c1-5-7-17-36(18-8-6-2)28-42-33-16-13-30(37(3)4)27-32(33)34(35(36)40)29-11-14-31(15-12-29)41-26-10-9-22-39-23-19-38(20-24-39)21-25-39/h11-16,27,34-35,40H,5-10,17-26,28H2,1-4H3/q+1/t34-,35-/m1/s1. The minimum atomic E-state index is -0.419. The van der Waals surface area contributed by atoms with E-state index in [1.54, 1.807) is 0 Å². The molecule has 0 radical (unpaired) electrons. The number of hydrogen-bond acceptors (Lipinski definition) is 5. The molecule has 2 aromatic carbocycles. The van der Waals surface area contributed by atoms with Gasteiger partial charge in [-0.05, 0) is 67.1 Å². The lowest BCUT2D eigenvalue weighted by atomic mass is 9.68. The molecule has 232 valence electrons. The molecule has 1 N–H and O–H groups in total. The quantitative estimate of drug-likeness (QED) is 0.188. The lowest BCUT2D eigenvalue weighted by Gasteiger charge is -2.50. The second kappa shape index (κ2) is 14.4. The average molecular weight is 595 g/mol. The number of fused-ring (bicyclic) bond motifs is 4. The van der Waals surface area contributed by atoms with Crippen molar-refractivity contribution in [2.24, 2.45) is 5.41 Å². The smallest absolute Gasteiger partial charge is 0.119 e. The number of ether oxygens (including phenoxy) is 1. The van der Waals surface area contributed by atoms with Crippen LogP contribution in [0.3, 0.4) is 0 Å². The molecule has 42 heavy (non-hydrogen) atoms. The Morgan fingerprint density at radius 3 is 2.21 bits per heavy atom. The van der Waals surface area contributed by atoms with Gasteiger partial charge in [0.1, 0.15) is 5.75 Å². The minimum absolute atomic E-state index is 0.0448. The zero-order valence-electron chi connectivity index (χ0n) is 26.8. The van der Waals surface area contributed by atoms with Crippen LogP contribution in [0.25, 0.3) is 0 Å². The third-order valence-corrected chi connectivity index (χ3v) is 12.0. The van der Waals surface area contributed by atoms with Crippen LogP contribution in [0, 0.1) is 5.41 Å². The van der Waals surface area contributed by atoms with Crippen molar-refractivity contribution in [2.75, 3.05) is 77.2 Å². The predicted molar refractivity (Wildman–Crippen MR) is 178 cm³/mol. The zero-order valence-corrected chi connectivity index (χ0v) is 27.6. The summed E-state index contributed by atoms with van der Waals surface area (Å²) < 4.78 is 7.58. The first kappa shape index (κ1) is 31.7. The lowest BCUT2D eigenvalue weighted by molar-refractivity contribution is -0.941. The first-order chi connectivity index (χ1) is 20.4. The van der Waals surface area contributed by atoms with E-state index in [2.05, 4.69) is 80.2 Å². The van der Waals surface area contributed by atoms with Crippen molar-refractivity contribution in [3.05, 3.63) is 53.6 Å². The molecule has 3 saturated heterocycles. The number of benzene rings is 2. The van der Waals surface area contributed by atoms with E-state index in [-0.39, 0.29) is 11.3 Å². The molecule has 4 heterocycles. The van der Waals surface area contributed by atoms with E-state index in [1.807, 2.05) is 11.8 Å². The Labute approximate surface area is 260 Å². The van der Waals surface area contributed by atoms with Gasteiger partial charge in [-0.2, -0.15) is 0 Å². The van der Waals surface area contributed by atoms with Gasteiger partial charge in [-0.1, -0.05) is 51.7 Å². The van der Waals surface area contributed by atoms with Gasteiger partial charge in [-0.15, -0.1) is 11.8 Å². The van der Waals surface area contributed by atoms with Crippen LogP contribution < -0.4 is 9.64 Å². The second-order valence-electron chi connectivity index (χ2n) is 13.6. The molecule has 4 aliphatic heterocycles. The number of aliphatic hydroxyl groups is 1. The number of hydrogen-bond donors (Lipinski definition) is 1. The number of quaternary nitrogens is 1. The SMILES string of the molecule is CCCCC1(CCCC)CSc2ccc(N(C)C)cc2[C@@H](c2ccc(OCCCC[N+]34CCN(CC3)CC4)cc2)[C@H]1O. The number of piperazine rings is 3. The number of aliphatic hydroxyl groups excluding tert-OH is 1. The Kier molecular flexibility index (Phi) is 10.8. The molecule has 2 bridgehead atoms. The zero-order chi connectivity index (χ0) is 29.6. The summed E-state index contributed by atoms with van der Waals surface area (Å²) in [7, 11) is 4.21. The number of unbranched alkanes of at least 4 members (excludes halogenated alkanes) is 3. The molecule has 0 spiro atoms. The van der Waals surface area contributed by atoms with Crippen LogP contribution in [0.5, 0.6) is 5.75 Å². The Hall–Kier alpha value is -1.73. The molecule has 6 rings (SSSR count). The summed E-state index contributed by atoms with van der Waals surface area (Å²) in [6.07, 6.45) is 8.77. The third kappa shape index (κ3) is 7.14. The Bertz CT molecular complexity index is 1110. The predicted octanol–water partition coefficient (Wildman–Crippen LogP) is 7.02. The van der Waals surface area contributed by atoms with Crippen LogP contribution in [0.1, 0.15) is 82.3 Å². The van der Waals surface area contributed by atoms with Gasteiger partial charge in [0.25, 0.3) is 0 Å². The minimum Gasteiger partial charge on any atom is -0.494 e. The first-order valence-corrected chi connectivity index (χ1v) is 17.8. The highest BCUT2D eigenvalue weighted by Crippen LogP contribution is 2.52. The van der Waals surface area contributed by atoms with Gasteiger partial charge in [-0.3, -0.25) is 4.90 Å². The molecule has 0 saturated carbocycles. The molecule has 5 nitrogen and oxygen atoms in total. The molecular weight excluding hydrogens is 538 g/mol. The van der Waals surface area contributed by atoms with Crippen molar-refractivity contribution in [3.8, 4) is 5.75 Å². The van der Waals surface area contributed by atoms with Gasteiger partial charge < -0.3 is 19.2 Å². The van der Waals surface area contributed by atoms with Crippen LogP contribution in [-0.4, -0.2) is 92.9 Å². The molecule has 0 unspecified atom stereocenters. The van der Waals surface area contributed by atoms with Crippen LogP contribution in [0.2, 0.25) is 0 Å². The third-order valence-electron chi connectivity index (χ3n) is 10.6. The van der Waals surface area contributed by atoms with E-state index in [0.29, 0.717) is 0 Å².